The van der Waals surface area contributed by atoms with Crippen molar-refractivity contribution in [3.8, 4) is 5.75 Å². The van der Waals surface area contributed by atoms with Gasteiger partial charge in [-0.25, -0.2) is 4.79 Å². The number of nitrogens with one attached hydrogen (secondary N) is 1. The fourth-order valence-corrected chi connectivity index (χ4v) is 1.51. The molecule has 1 atom stereocenters. The van der Waals surface area contributed by atoms with Gasteiger partial charge in [-0.05, 0) is 26.0 Å². The summed E-state index contributed by atoms with van der Waals surface area (Å²) < 4.78 is 5.50. The molecule has 0 aliphatic carbocycles. The molecule has 0 saturated heterocycles. The Balaban J connectivity index is 2.90. The molecule has 0 radical (unpaired) electrons. The molecule has 1 aromatic carbocycles. The highest BCUT2D eigenvalue weighted by molar-refractivity contribution is 5.72. The van der Waals surface area contributed by atoms with Gasteiger partial charge < -0.3 is 15.2 Å². The molecular formula is C13H19NO3. The monoisotopic (exact) mass is 237 g/mol. The zero-order chi connectivity index (χ0) is 12.8. The average Bonchev–Trinajstić information content (AvgIpc) is 2.29. The van der Waals surface area contributed by atoms with Crippen molar-refractivity contribution in [2.45, 2.75) is 33.4 Å². The number of benzene rings is 1. The first-order chi connectivity index (χ1) is 8.06. The van der Waals surface area contributed by atoms with E-state index in [-0.39, 0.29) is 0 Å². The molecule has 17 heavy (non-hydrogen) atoms. The third-order valence-corrected chi connectivity index (χ3v) is 2.50. The van der Waals surface area contributed by atoms with Crippen molar-refractivity contribution in [2.75, 3.05) is 6.54 Å². The number of aliphatic carboxylic acids is 1. The SMILES string of the molecule is CCNCc1cccc(C)c1OC(C)C(=O)O. The molecule has 1 aromatic rings. The number of carboxylic acids is 1. The summed E-state index contributed by atoms with van der Waals surface area (Å²) in [5.41, 5.74) is 1.94. The molecule has 0 saturated carbocycles. The quantitative estimate of drug-likeness (QED) is 0.794. The Morgan fingerprint density at radius 2 is 2.24 bits per heavy atom. The summed E-state index contributed by atoms with van der Waals surface area (Å²) in [6, 6.07) is 5.80. The lowest BCUT2D eigenvalue weighted by Gasteiger charge is -2.17. The number of para-hydroxylation sites is 1. The van der Waals surface area contributed by atoms with E-state index in [9.17, 15) is 4.79 Å². The maximum Gasteiger partial charge on any atom is 0.344 e. The molecule has 0 heterocycles. The predicted octanol–water partition coefficient (Wildman–Crippen LogP) is 1.96. The van der Waals surface area contributed by atoms with Crippen LogP contribution in [0.5, 0.6) is 5.75 Å². The van der Waals surface area contributed by atoms with E-state index in [4.69, 9.17) is 9.84 Å². The van der Waals surface area contributed by atoms with E-state index in [2.05, 4.69) is 5.32 Å². The summed E-state index contributed by atoms with van der Waals surface area (Å²) in [6.07, 6.45) is -0.837. The highest BCUT2D eigenvalue weighted by atomic mass is 16.5. The summed E-state index contributed by atoms with van der Waals surface area (Å²) in [7, 11) is 0. The molecule has 2 N–H and O–H groups in total. The Bertz CT molecular complexity index is 390. The minimum absolute atomic E-state index is 0.670. The maximum absolute atomic E-state index is 10.8. The molecule has 4 heteroatoms. The lowest BCUT2D eigenvalue weighted by atomic mass is 10.1. The highest BCUT2D eigenvalue weighted by Crippen LogP contribution is 2.24. The second-order valence-electron chi connectivity index (χ2n) is 3.94. The Kier molecular flexibility index (Phi) is 4.97. The van der Waals surface area contributed by atoms with Gasteiger partial charge in [-0.3, -0.25) is 0 Å². The van der Waals surface area contributed by atoms with E-state index in [0.717, 1.165) is 17.7 Å². The molecule has 0 aliphatic heterocycles. The number of aryl methyl sites for hydroxylation is 1. The van der Waals surface area contributed by atoms with Crippen LogP contribution in [0.4, 0.5) is 0 Å². The largest absolute Gasteiger partial charge is 0.479 e. The van der Waals surface area contributed by atoms with Gasteiger partial charge in [0.1, 0.15) is 5.75 Å². The van der Waals surface area contributed by atoms with E-state index in [1.165, 1.54) is 6.92 Å². The molecule has 1 unspecified atom stereocenters. The molecule has 0 fully saturated rings. The topological polar surface area (TPSA) is 58.6 Å². The number of hydrogen-bond acceptors (Lipinski definition) is 3. The first-order valence-corrected chi connectivity index (χ1v) is 5.75. The Labute approximate surface area is 102 Å². The van der Waals surface area contributed by atoms with Gasteiger partial charge in [0, 0.05) is 12.1 Å². The van der Waals surface area contributed by atoms with Crippen molar-refractivity contribution in [3.63, 3.8) is 0 Å². The van der Waals surface area contributed by atoms with Gasteiger partial charge in [0.2, 0.25) is 0 Å². The zero-order valence-electron chi connectivity index (χ0n) is 10.5. The van der Waals surface area contributed by atoms with Crippen LogP contribution in [0, 0.1) is 6.92 Å². The molecule has 0 amide bonds. The smallest absolute Gasteiger partial charge is 0.344 e. The predicted molar refractivity (Wildman–Crippen MR) is 66.3 cm³/mol. The van der Waals surface area contributed by atoms with Crippen molar-refractivity contribution in [1.82, 2.24) is 5.32 Å². The molecule has 0 aromatic heterocycles. The van der Waals surface area contributed by atoms with Crippen molar-refractivity contribution >= 4 is 5.97 Å². The van der Waals surface area contributed by atoms with E-state index in [1.807, 2.05) is 32.0 Å². The van der Waals surface area contributed by atoms with Crippen LogP contribution in [0.2, 0.25) is 0 Å². The van der Waals surface area contributed by atoms with Crippen LogP contribution in [0.15, 0.2) is 18.2 Å². The summed E-state index contributed by atoms with van der Waals surface area (Å²) in [5, 5.41) is 12.1. The van der Waals surface area contributed by atoms with Crippen molar-refractivity contribution in [2.24, 2.45) is 0 Å². The van der Waals surface area contributed by atoms with Gasteiger partial charge in [-0.2, -0.15) is 0 Å². The second kappa shape index (κ2) is 6.25. The van der Waals surface area contributed by atoms with Gasteiger partial charge in [-0.15, -0.1) is 0 Å². The number of carboxylic acid groups (broad SMARTS) is 1. The van der Waals surface area contributed by atoms with E-state index < -0.39 is 12.1 Å². The standard InChI is InChI=1S/C13H19NO3/c1-4-14-8-11-7-5-6-9(2)12(11)17-10(3)13(15)16/h5-7,10,14H,4,8H2,1-3H3,(H,15,16). The number of rotatable bonds is 6. The number of carbonyl (C=O) groups is 1. The van der Waals surface area contributed by atoms with Crippen LogP contribution in [0.1, 0.15) is 25.0 Å². The fraction of sp³-hybridized carbons (Fsp3) is 0.462. The van der Waals surface area contributed by atoms with Gasteiger partial charge in [0.05, 0.1) is 0 Å². The van der Waals surface area contributed by atoms with Crippen LogP contribution in [-0.4, -0.2) is 23.7 Å². The van der Waals surface area contributed by atoms with E-state index >= 15 is 0 Å². The van der Waals surface area contributed by atoms with Crippen LogP contribution in [-0.2, 0) is 11.3 Å². The molecule has 4 nitrogen and oxygen atoms in total. The number of hydrogen-bond donors (Lipinski definition) is 2. The maximum atomic E-state index is 10.8. The van der Waals surface area contributed by atoms with Gasteiger partial charge >= 0.3 is 5.97 Å². The van der Waals surface area contributed by atoms with Crippen molar-refractivity contribution < 1.29 is 14.6 Å². The van der Waals surface area contributed by atoms with E-state index in [1.54, 1.807) is 0 Å². The average molecular weight is 237 g/mol. The highest BCUT2D eigenvalue weighted by Gasteiger charge is 2.16. The van der Waals surface area contributed by atoms with E-state index in [0.29, 0.717) is 12.3 Å². The van der Waals surface area contributed by atoms with Gasteiger partial charge in [-0.1, -0.05) is 25.1 Å². The van der Waals surface area contributed by atoms with Gasteiger partial charge in [0.15, 0.2) is 6.10 Å². The Morgan fingerprint density at radius 1 is 1.53 bits per heavy atom. The Hall–Kier alpha value is -1.55. The van der Waals surface area contributed by atoms with Crippen molar-refractivity contribution in [3.05, 3.63) is 29.3 Å². The number of ether oxygens (including phenoxy) is 1. The summed E-state index contributed by atoms with van der Waals surface area (Å²) in [4.78, 5) is 10.8. The Morgan fingerprint density at radius 3 is 2.82 bits per heavy atom. The van der Waals surface area contributed by atoms with Crippen LogP contribution < -0.4 is 10.1 Å². The lowest BCUT2D eigenvalue weighted by molar-refractivity contribution is -0.144. The third-order valence-electron chi connectivity index (χ3n) is 2.50. The zero-order valence-corrected chi connectivity index (χ0v) is 10.5. The summed E-state index contributed by atoms with van der Waals surface area (Å²) in [5.74, 6) is -0.286. The molecule has 0 bridgehead atoms. The third kappa shape index (κ3) is 3.75. The molecule has 1 rings (SSSR count). The van der Waals surface area contributed by atoms with Crippen LogP contribution in [0.3, 0.4) is 0 Å². The summed E-state index contributed by atoms with van der Waals surface area (Å²) in [6.45, 7) is 7.02. The first-order valence-electron chi connectivity index (χ1n) is 5.75. The molecular weight excluding hydrogens is 218 g/mol. The van der Waals surface area contributed by atoms with Gasteiger partial charge in [0.25, 0.3) is 0 Å². The molecule has 0 spiro atoms. The first kappa shape index (κ1) is 13.5. The normalized spacial score (nSPS) is 12.2. The molecule has 94 valence electrons. The second-order valence-corrected chi connectivity index (χ2v) is 3.94. The summed E-state index contributed by atoms with van der Waals surface area (Å²) >= 11 is 0. The molecule has 0 aliphatic rings. The fourth-order valence-electron chi connectivity index (χ4n) is 1.51. The van der Waals surface area contributed by atoms with Crippen LogP contribution >= 0.6 is 0 Å². The van der Waals surface area contributed by atoms with Crippen LogP contribution in [0.25, 0.3) is 0 Å². The lowest BCUT2D eigenvalue weighted by Crippen LogP contribution is -2.24. The minimum atomic E-state index is -0.956. The van der Waals surface area contributed by atoms with Crippen molar-refractivity contribution in [1.29, 1.82) is 0 Å². The minimum Gasteiger partial charge on any atom is -0.479 e.